The molecule has 14 nitrogen and oxygen atoms in total. The number of aliphatic carboxylic acids is 3. The topological polar surface area (TPSA) is 191 Å². The van der Waals surface area contributed by atoms with E-state index >= 15 is 0 Å². The molecule has 2 aliphatic heterocycles. The summed E-state index contributed by atoms with van der Waals surface area (Å²) in [5, 5.41) is 33.8. The van der Waals surface area contributed by atoms with E-state index in [4.69, 9.17) is 48.8 Å². The number of aliphatic hydroxyl groups is 1. The summed E-state index contributed by atoms with van der Waals surface area (Å²) in [7, 11) is 5.01. The average Bonchev–Trinajstić information content (AvgIpc) is 3.64. The van der Waals surface area contributed by atoms with Crippen molar-refractivity contribution in [3.8, 4) is 28.7 Å². The molecule has 0 amide bonds. The van der Waals surface area contributed by atoms with Crippen molar-refractivity contribution >= 4 is 17.9 Å². The SMILES string of the molecule is COc1ccc(OC)c(CN(Cc2cc(OC)c3c(c2)OCO3)CC2CCCO2)c1.O=C(O)CC(O)(CC(=O)O)C(=O)O. The zero-order chi connectivity index (χ0) is 31.6. The number of hydrogen-bond acceptors (Lipinski definition) is 11. The van der Waals surface area contributed by atoms with Gasteiger partial charge in [-0.05, 0) is 48.7 Å². The van der Waals surface area contributed by atoms with Crippen molar-refractivity contribution in [2.24, 2.45) is 0 Å². The standard InChI is InChI=1S/C23H29NO6.C6H8O7/c1-25-18-6-7-20(26-2)17(11-18)13-24(14-19-5-4-8-28-19)12-16-9-21(27-3)23-22(10-16)29-15-30-23;7-3(8)1-6(13,5(11)12)2-4(9)10/h6-7,9-11,19H,4-5,8,12-15H2,1-3H3;13H,1-2H2,(H,7,8)(H,9,10)(H,11,12). The normalized spacial score (nSPS) is 15.4. The number of ether oxygens (including phenoxy) is 6. The van der Waals surface area contributed by atoms with Gasteiger partial charge in [-0.1, -0.05) is 0 Å². The number of rotatable bonds is 14. The zero-order valence-electron chi connectivity index (χ0n) is 24.2. The number of carbonyl (C=O) groups is 3. The summed E-state index contributed by atoms with van der Waals surface area (Å²) in [6.07, 6.45) is 0.135. The Morgan fingerprint density at radius 1 is 0.930 bits per heavy atom. The van der Waals surface area contributed by atoms with E-state index in [1.807, 2.05) is 30.3 Å². The van der Waals surface area contributed by atoms with Crippen molar-refractivity contribution in [1.82, 2.24) is 4.90 Å². The summed E-state index contributed by atoms with van der Waals surface area (Å²) in [6.45, 7) is 3.30. The Bertz CT molecular complexity index is 1260. The van der Waals surface area contributed by atoms with Crippen molar-refractivity contribution in [2.75, 3.05) is 41.3 Å². The number of benzene rings is 2. The van der Waals surface area contributed by atoms with Crippen molar-refractivity contribution < 1.29 is 63.2 Å². The lowest BCUT2D eigenvalue weighted by molar-refractivity contribution is -0.170. The van der Waals surface area contributed by atoms with Crippen molar-refractivity contribution in [2.45, 2.75) is 50.5 Å². The monoisotopic (exact) mass is 607 g/mol. The predicted octanol–water partition coefficient (Wildman–Crippen LogP) is 2.37. The van der Waals surface area contributed by atoms with Crippen molar-refractivity contribution in [3.63, 3.8) is 0 Å². The second-order valence-corrected chi connectivity index (χ2v) is 9.99. The van der Waals surface area contributed by atoms with Crippen molar-refractivity contribution in [1.29, 1.82) is 0 Å². The number of hydrogen-bond donors (Lipinski definition) is 4. The molecule has 236 valence electrons. The summed E-state index contributed by atoms with van der Waals surface area (Å²) in [5.41, 5.74) is -0.573. The third-order valence-corrected chi connectivity index (χ3v) is 6.78. The van der Waals surface area contributed by atoms with Crippen LogP contribution in [-0.4, -0.2) is 96.2 Å². The van der Waals surface area contributed by atoms with Gasteiger partial charge in [0.1, 0.15) is 11.5 Å². The largest absolute Gasteiger partial charge is 0.497 e. The van der Waals surface area contributed by atoms with Gasteiger partial charge in [-0.2, -0.15) is 0 Å². The molecule has 2 aromatic rings. The van der Waals surface area contributed by atoms with Crippen LogP contribution in [0.4, 0.5) is 0 Å². The van der Waals surface area contributed by atoms with Crippen LogP contribution >= 0.6 is 0 Å². The van der Waals surface area contributed by atoms with Crippen LogP contribution in [0.25, 0.3) is 0 Å². The molecule has 1 unspecified atom stereocenters. The molecule has 43 heavy (non-hydrogen) atoms. The van der Waals surface area contributed by atoms with Crippen molar-refractivity contribution in [3.05, 3.63) is 41.5 Å². The molecule has 0 spiro atoms. The highest BCUT2D eigenvalue weighted by Gasteiger charge is 2.40. The fraction of sp³-hybridized carbons (Fsp3) is 0.483. The van der Waals surface area contributed by atoms with Gasteiger partial charge in [-0.25, -0.2) is 4.79 Å². The first-order chi connectivity index (χ1) is 20.5. The van der Waals surface area contributed by atoms with Crippen LogP contribution in [0.15, 0.2) is 30.3 Å². The van der Waals surface area contributed by atoms with Gasteiger partial charge in [0.25, 0.3) is 0 Å². The number of carboxylic acid groups (broad SMARTS) is 3. The van der Waals surface area contributed by atoms with E-state index in [0.29, 0.717) is 24.6 Å². The minimum Gasteiger partial charge on any atom is -0.497 e. The predicted molar refractivity (Wildman–Crippen MR) is 149 cm³/mol. The van der Waals surface area contributed by atoms with Crippen LogP contribution in [0.2, 0.25) is 0 Å². The van der Waals surface area contributed by atoms with Gasteiger partial charge < -0.3 is 48.8 Å². The Balaban J connectivity index is 0.000000331. The van der Waals surface area contributed by atoms with Gasteiger partial charge >= 0.3 is 17.9 Å². The van der Waals surface area contributed by atoms with E-state index in [1.54, 1.807) is 21.3 Å². The summed E-state index contributed by atoms with van der Waals surface area (Å²) >= 11 is 0. The van der Waals surface area contributed by atoms with E-state index in [0.717, 1.165) is 54.4 Å². The molecule has 4 N–H and O–H groups in total. The average molecular weight is 608 g/mol. The third kappa shape index (κ3) is 9.36. The van der Waals surface area contributed by atoms with Gasteiger partial charge in [0.2, 0.25) is 12.5 Å². The first kappa shape index (κ1) is 33.2. The Kier molecular flexibility index (Phi) is 11.8. The van der Waals surface area contributed by atoms with Gasteiger partial charge in [-0.15, -0.1) is 0 Å². The summed E-state index contributed by atoms with van der Waals surface area (Å²) in [5.74, 6) is -1.28. The highest BCUT2D eigenvalue weighted by atomic mass is 16.7. The Labute approximate surface area is 248 Å². The maximum Gasteiger partial charge on any atom is 0.336 e. The van der Waals surface area contributed by atoms with Crippen LogP contribution < -0.4 is 23.7 Å². The van der Waals surface area contributed by atoms with Gasteiger partial charge in [0.05, 0.1) is 40.3 Å². The molecular formula is C29H37NO13. The molecule has 1 fully saturated rings. The molecule has 4 rings (SSSR count). The summed E-state index contributed by atoms with van der Waals surface area (Å²) in [4.78, 5) is 32.9. The lowest BCUT2D eigenvalue weighted by atomic mass is 9.96. The number of fused-ring (bicyclic) bond motifs is 1. The maximum atomic E-state index is 10.3. The van der Waals surface area contributed by atoms with Gasteiger partial charge in [-0.3, -0.25) is 14.5 Å². The minimum atomic E-state index is -2.74. The lowest BCUT2D eigenvalue weighted by Crippen LogP contribution is -2.42. The van der Waals surface area contributed by atoms with E-state index in [9.17, 15) is 14.4 Å². The molecular weight excluding hydrogens is 570 g/mol. The second kappa shape index (κ2) is 15.3. The molecule has 2 heterocycles. The molecule has 1 saturated heterocycles. The van der Waals surface area contributed by atoms with E-state index in [2.05, 4.69) is 4.90 Å². The van der Waals surface area contributed by atoms with Crippen LogP contribution in [0.1, 0.15) is 36.8 Å². The second-order valence-electron chi connectivity index (χ2n) is 9.99. The molecule has 2 aromatic carbocycles. The number of nitrogens with zero attached hydrogens (tertiary/aromatic N) is 1. The summed E-state index contributed by atoms with van der Waals surface area (Å²) in [6, 6.07) is 9.92. The van der Waals surface area contributed by atoms with Crippen LogP contribution in [0.3, 0.4) is 0 Å². The molecule has 0 aliphatic carbocycles. The molecule has 0 aromatic heterocycles. The van der Waals surface area contributed by atoms with E-state index < -0.39 is 36.4 Å². The van der Waals surface area contributed by atoms with E-state index in [1.165, 1.54) is 0 Å². The quantitative estimate of drug-likeness (QED) is 0.245. The van der Waals surface area contributed by atoms with Gasteiger partial charge in [0, 0.05) is 31.8 Å². The van der Waals surface area contributed by atoms with Gasteiger partial charge in [0.15, 0.2) is 17.1 Å². The molecule has 2 aliphatic rings. The minimum absolute atomic E-state index is 0.218. The Morgan fingerprint density at radius 3 is 2.19 bits per heavy atom. The highest BCUT2D eigenvalue weighted by molar-refractivity contribution is 5.88. The molecule has 0 saturated carbocycles. The molecule has 0 radical (unpaired) electrons. The smallest absolute Gasteiger partial charge is 0.336 e. The maximum absolute atomic E-state index is 10.3. The highest BCUT2D eigenvalue weighted by Crippen LogP contribution is 2.42. The first-order valence-electron chi connectivity index (χ1n) is 13.4. The molecule has 0 bridgehead atoms. The molecule has 1 atom stereocenters. The Morgan fingerprint density at radius 2 is 1.63 bits per heavy atom. The first-order valence-corrected chi connectivity index (χ1v) is 13.4. The summed E-state index contributed by atoms with van der Waals surface area (Å²) < 4.78 is 33.6. The molecule has 14 heteroatoms. The number of methoxy groups -OCH3 is 3. The fourth-order valence-electron chi connectivity index (χ4n) is 4.76. The Hall–Kier alpha value is -4.27. The van der Waals surface area contributed by atoms with Crippen LogP contribution in [0, 0.1) is 0 Å². The fourth-order valence-corrected chi connectivity index (χ4v) is 4.76. The zero-order valence-corrected chi connectivity index (χ0v) is 24.2. The number of carboxylic acids is 3. The van der Waals surface area contributed by atoms with Crippen LogP contribution in [0.5, 0.6) is 28.7 Å². The lowest BCUT2D eigenvalue weighted by Gasteiger charge is -2.26. The van der Waals surface area contributed by atoms with Crippen LogP contribution in [-0.2, 0) is 32.2 Å². The third-order valence-electron chi connectivity index (χ3n) is 6.78. The van der Waals surface area contributed by atoms with E-state index in [-0.39, 0.29) is 12.9 Å².